The number of hydrogen-bond acceptors (Lipinski definition) is 5. The van der Waals surface area contributed by atoms with Gasteiger partial charge in [0.1, 0.15) is 5.25 Å². The van der Waals surface area contributed by atoms with Crippen LogP contribution in [0.1, 0.15) is 26.7 Å². The van der Waals surface area contributed by atoms with Crippen molar-refractivity contribution in [2.75, 3.05) is 0 Å². The molecule has 29 heavy (non-hydrogen) atoms. The minimum Gasteiger partial charge on any atom is -0.480 e. The summed E-state index contributed by atoms with van der Waals surface area (Å²) in [4.78, 5) is 40.9. The lowest BCUT2D eigenvalue weighted by Gasteiger charge is -2.34. The molecule has 2 N–H and O–H groups in total. The van der Waals surface area contributed by atoms with Crippen molar-refractivity contribution in [1.29, 1.82) is 0 Å². The fourth-order valence-electron chi connectivity index (χ4n) is 3.48. The summed E-state index contributed by atoms with van der Waals surface area (Å²) in [5.41, 5.74) is 1.24. The maximum Gasteiger partial charge on any atom is 0.317 e. The lowest BCUT2D eigenvalue weighted by atomic mass is 9.78. The first-order valence-corrected chi connectivity index (χ1v) is 11.8. The van der Waals surface area contributed by atoms with Crippen molar-refractivity contribution in [2.45, 2.75) is 16.2 Å². The molecule has 0 bridgehead atoms. The van der Waals surface area contributed by atoms with Crippen LogP contribution in [0.4, 0.5) is 0 Å². The van der Waals surface area contributed by atoms with Crippen LogP contribution in [-0.4, -0.2) is 27.1 Å². The van der Waals surface area contributed by atoms with E-state index in [0.29, 0.717) is 15.5 Å². The monoisotopic (exact) mass is 553 g/mol. The van der Waals surface area contributed by atoms with Gasteiger partial charge in [0, 0.05) is 25.3 Å². The predicted octanol–water partition coefficient (Wildman–Crippen LogP) is 5.15. The molecule has 5 nitrogen and oxygen atoms in total. The van der Waals surface area contributed by atoms with E-state index in [-0.39, 0.29) is 10.7 Å². The van der Waals surface area contributed by atoms with Crippen LogP contribution in [0.3, 0.4) is 0 Å². The van der Waals surface area contributed by atoms with Gasteiger partial charge >= 0.3 is 10.8 Å². The normalized spacial score (nSPS) is 20.8. The summed E-state index contributed by atoms with van der Waals surface area (Å²) in [5.74, 6) is -2.71. The molecule has 0 spiro atoms. The van der Waals surface area contributed by atoms with Crippen molar-refractivity contribution in [1.82, 2.24) is 4.98 Å². The molecule has 0 aliphatic carbocycles. The second-order valence-electron chi connectivity index (χ2n) is 6.51. The number of Topliss-reactive ketones (excluding diaryl/α,β-unsaturated/α-hetero) is 1. The summed E-state index contributed by atoms with van der Waals surface area (Å²) in [6, 6.07) is 14.3. The van der Waals surface area contributed by atoms with Crippen molar-refractivity contribution >= 4 is 66.7 Å². The highest BCUT2D eigenvalue weighted by Gasteiger charge is 2.47. The van der Waals surface area contributed by atoms with Gasteiger partial charge in [0.2, 0.25) is 0 Å². The molecule has 2 heterocycles. The van der Waals surface area contributed by atoms with Crippen molar-refractivity contribution in [3.05, 3.63) is 83.1 Å². The van der Waals surface area contributed by atoms with Crippen LogP contribution in [0.2, 0.25) is 0 Å². The smallest absolute Gasteiger partial charge is 0.317 e. The van der Waals surface area contributed by atoms with Crippen LogP contribution >= 0.6 is 55.0 Å². The van der Waals surface area contributed by atoms with Crippen LogP contribution in [0.15, 0.2) is 67.3 Å². The Kier molecular flexibility index (Phi) is 5.83. The average molecular weight is 555 g/mol. The first-order chi connectivity index (χ1) is 13.8. The molecule has 0 fully saturated rings. The Bertz CT molecular complexity index is 1140. The molecule has 0 amide bonds. The van der Waals surface area contributed by atoms with E-state index in [1.54, 1.807) is 24.3 Å². The van der Waals surface area contributed by atoms with E-state index in [1.165, 1.54) is 0 Å². The molecule has 2 aromatic carbocycles. The quantitative estimate of drug-likeness (QED) is 0.435. The zero-order valence-corrected chi connectivity index (χ0v) is 19.4. The third-order valence-corrected chi connectivity index (χ3v) is 8.22. The van der Waals surface area contributed by atoms with E-state index < -0.39 is 23.1 Å². The molecule has 1 aromatic heterocycles. The number of H-pyrrole nitrogens is 1. The zero-order valence-electron chi connectivity index (χ0n) is 14.6. The van der Waals surface area contributed by atoms with Gasteiger partial charge in [-0.1, -0.05) is 79.2 Å². The van der Waals surface area contributed by atoms with Crippen molar-refractivity contribution < 1.29 is 14.7 Å². The molecule has 1 aliphatic heterocycles. The second-order valence-corrected chi connectivity index (χ2v) is 10.5. The highest BCUT2D eigenvalue weighted by Crippen LogP contribution is 2.50. The molecule has 3 aromatic rings. The summed E-state index contributed by atoms with van der Waals surface area (Å²) < 4.78 is 1.71. The van der Waals surface area contributed by atoms with Crippen LogP contribution in [0.25, 0.3) is 0 Å². The molecule has 9 heteroatoms. The van der Waals surface area contributed by atoms with Crippen molar-refractivity contribution in [3.63, 3.8) is 0 Å². The number of ketones is 1. The van der Waals surface area contributed by atoms with Gasteiger partial charge in [-0.2, -0.15) is 0 Å². The maximum atomic E-state index is 13.5. The van der Waals surface area contributed by atoms with Gasteiger partial charge < -0.3 is 10.1 Å². The van der Waals surface area contributed by atoms with E-state index in [4.69, 9.17) is 0 Å². The standard InChI is InChI=1S/C20H13Br2NO4S2/c21-11-5-1-9(2-6-11)13-14(15(24)10-3-7-12(22)8-4-10)17(19(25)26)28-18-16(13)29-20(27)23-18/h1-8,13-14,17H,(H,23,27)(H,25,26)/t13-,14-,17+/m0/s1. The van der Waals surface area contributed by atoms with Gasteiger partial charge in [0.15, 0.2) is 5.78 Å². The molecule has 3 atom stereocenters. The Hall–Kier alpha value is -1.68. The number of carbonyl (C=O) groups is 2. The van der Waals surface area contributed by atoms with E-state index >= 15 is 0 Å². The van der Waals surface area contributed by atoms with Gasteiger partial charge in [-0.3, -0.25) is 14.4 Å². The number of nitrogens with one attached hydrogen (secondary N) is 1. The van der Waals surface area contributed by atoms with Crippen LogP contribution in [0, 0.1) is 5.92 Å². The Labute approximate surface area is 190 Å². The molecule has 0 saturated carbocycles. The fourth-order valence-corrected chi connectivity index (χ4v) is 6.43. The van der Waals surface area contributed by atoms with Crippen molar-refractivity contribution in [2.24, 2.45) is 5.92 Å². The van der Waals surface area contributed by atoms with E-state index in [1.807, 2.05) is 24.3 Å². The minimum absolute atomic E-state index is 0.253. The van der Waals surface area contributed by atoms with Gasteiger partial charge in [0.05, 0.1) is 10.9 Å². The van der Waals surface area contributed by atoms with E-state index in [2.05, 4.69) is 36.8 Å². The number of halogens is 2. The van der Waals surface area contributed by atoms with E-state index in [0.717, 1.165) is 37.6 Å². The Morgan fingerprint density at radius 1 is 0.966 bits per heavy atom. The van der Waals surface area contributed by atoms with Crippen molar-refractivity contribution in [3.8, 4) is 0 Å². The van der Waals surface area contributed by atoms with Crippen LogP contribution in [0.5, 0.6) is 0 Å². The SMILES string of the molecule is O=C(c1ccc(Br)cc1)[C@@H]1[C@H](c2ccc(Br)cc2)c2sc(=O)[nH]c2S[C@H]1C(=O)O. The minimum atomic E-state index is -1.08. The predicted molar refractivity (Wildman–Crippen MR) is 120 cm³/mol. The number of rotatable bonds is 4. The molecule has 0 radical (unpaired) electrons. The maximum absolute atomic E-state index is 13.5. The largest absolute Gasteiger partial charge is 0.480 e. The number of thioether (sulfide) groups is 1. The Morgan fingerprint density at radius 3 is 2.14 bits per heavy atom. The van der Waals surface area contributed by atoms with Gasteiger partial charge in [-0.05, 0) is 29.8 Å². The first-order valence-electron chi connectivity index (χ1n) is 8.53. The lowest BCUT2D eigenvalue weighted by Crippen LogP contribution is -2.39. The highest BCUT2D eigenvalue weighted by atomic mass is 79.9. The van der Waals surface area contributed by atoms with Gasteiger partial charge in [-0.25, -0.2) is 0 Å². The molecule has 4 rings (SSSR count). The number of aromatic amines is 1. The molecule has 0 saturated heterocycles. The average Bonchev–Trinajstić information content (AvgIpc) is 3.07. The van der Waals surface area contributed by atoms with Gasteiger partial charge in [-0.15, -0.1) is 0 Å². The van der Waals surface area contributed by atoms with E-state index in [9.17, 15) is 19.5 Å². The summed E-state index contributed by atoms with van der Waals surface area (Å²) in [5, 5.41) is 9.42. The highest BCUT2D eigenvalue weighted by molar-refractivity contribution is 9.10. The summed E-state index contributed by atoms with van der Waals surface area (Å²) in [6.07, 6.45) is 0. The Balaban J connectivity index is 1.90. The number of carbonyl (C=O) groups excluding carboxylic acids is 1. The second kappa shape index (κ2) is 8.22. The molecular weight excluding hydrogens is 542 g/mol. The zero-order chi connectivity index (χ0) is 20.7. The number of hydrogen-bond donors (Lipinski definition) is 2. The van der Waals surface area contributed by atoms with Crippen LogP contribution in [-0.2, 0) is 4.79 Å². The first kappa shape index (κ1) is 20.6. The molecule has 148 valence electrons. The summed E-state index contributed by atoms with van der Waals surface area (Å²) in [6.45, 7) is 0. The number of benzene rings is 2. The topological polar surface area (TPSA) is 87.2 Å². The lowest BCUT2D eigenvalue weighted by molar-refractivity contribution is -0.137. The molecule has 1 aliphatic rings. The number of fused-ring (bicyclic) bond motifs is 1. The number of carboxylic acid groups (broad SMARTS) is 1. The fraction of sp³-hybridized carbons (Fsp3) is 0.150. The number of aliphatic carboxylic acids is 1. The summed E-state index contributed by atoms with van der Waals surface area (Å²) >= 11 is 8.83. The Morgan fingerprint density at radius 2 is 1.55 bits per heavy atom. The third kappa shape index (κ3) is 4.01. The summed E-state index contributed by atoms with van der Waals surface area (Å²) in [7, 11) is 0. The molecule has 0 unspecified atom stereocenters. The van der Waals surface area contributed by atoms with Gasteiger partial charge in [0.25, 0.3) is 0 Å². The third-order valence-electron chi connectivity index (χ3n) is 4.76. The number of aromatic nitrogens is 1. The number of thiazole rings is 1. The van der Waals surface area contributed by atoms with Crippen LogP contribution < -0.4 is 4.87 Å². The molecular formula is C20H13Br2NO4S2. The number of carboxylic acids is 1.